The molecule has 1 aromatic heterocycles. The Balaban J connectivity index is 2.30. The van der Waals surface area contributed by atoms with Crippen molar-refractivity contribution in [2.45, 2.75) is 12.8 Å². The highest BCUT2D eigenvalue weighted by molar-refractivity contribution is 5.95. The molecule has 1 N–H and O–H groups in total. The Morgan fingerprint density at radius 3 is 3.08 bits per heavy atom. The summed E-state index contributed by atoms with van der Waals surface area (Å²) in [7, 11) is 1.88. The molecule has 0 saturated carbocycles. The number of hydrogen-bond acceptors (Lipinski definition) is 3. The summed E-state index contributed by atoms with van der Waals surface area (Å²) in [4.78, 5) is 11.3. The first-order chi connectivity index (χ1) is 5.84. The van der Waals surface area contributed by atoms with Crippen LogP contribution in [0.5, 0.6) is 0 Å². The van der Waals surface area contributed by atoms with Gasteiger partial charge in [0.15, 0.2) is 5.78 Å². The van der Waals surface area contributed by atoms with E-state index in [1.807, 2.05) is 7.05 Å². The minimum absolute atomic E-state index is 0.152. The Hall–Kier alpha value is -1.09. The second-order valence-corrected chi connectivity index (χ2v) is 2.64. The lowest BCUT2D eigenvalue weighted by atomic mass is 10.1. The van der Waals surface area contributed by atoms with E-state index in [1.54, 1.807) is 6.07 Å². The summed E-state index contributed by atoms with van der Waals surface area (Å²) >= 11 is 0. The third kappa shape index (κ3) is 2.51. The molecule has 0 aromatic carbocycles. The molecule has 1 aromatic rings. The average Bonchev–Trinajstić information content (AvgIpc) is 2.56. The quantitative estimate of drug-likeness (QED) is 0.533. The molecule has 0 bridgehead atoms. The summed E-state index contributed by atoms with van der Waals surface area (Å²) in [6.45, 7) is 0.879. The van der Waals surface area contributed by atoms with Crippen LogP contribution in [0.2, 0.25) is 0 Å². The summed E-state index contributed by atoms with van der Waals surface area (Å²) in [6, 6.07) is 1.70. The van der Waals surface area contributed by atoms with Gasteiger partial charge >= 0.3 is 0 Å². The third-order valence-electron chi connectivity index (χ3n) is 1.67. The number of furan rings is 1. The van der Waals surface area contributed by atoms with Gasteiger partial charge < -0.3 is 9.73 Å². The molecule has 0 saturated heterocycles. The fourth-order valence-electron chi connectivity index (χ4n) is 0.993. The molecular weight excluding hydrogens is 154 g/mol. The van der Waals surface area contributed by atoms with Crippen LogP contribution >= 0.6 is 0 Å². The van der Waals surface area contributed by atoms with E-state index in [-0.39, 0.29) is 5.78 Å². The second kappa shape index (κ2) is 4.72. The van der Waals surface area contributed by atoms with Crippen molar-refractivity contribution in [3.8, 4) is 0 Å². The zero-order chi connectivity index (χ0) is 8.81. The first-order valence-electron chi connectivity index (χ1n) is 4.04. The van der Waals surface area contributed by atoms with Crippen LogP contribution in [0.25, 0.3) is 0 Å². The maximum Gasteiger partial charge on any atom is 0.166 e. The topological polar surface area (TPSA) is 42.2 Å². The highest BCUT2D eigenvalue weighted by atomic mass is 16.3. The molecule has 0 fully saturated rings. The van der Waals surface area contributed by atoms with Gasteiger partial charge in [-0.15, -0.1) is 0 Å². The van der Waals surface area contributed by atoms with Gasteiger partial charge in [-0.1, -0.05) is 0 Å². The smallest absolute Gasteiger partial charge is 0.166 e. The molecular formula is C9H13NO2. The molecule has 0 aliphatic rings. The van der Waals surface area contributed by atoms with E-state index in [9.17, 15) is 4.79 Å². The van der Waals surface area contributed by atoms with Crippen molar-refractivity contribution in [2.24, 2.45) is 0 Å². The molecule has 0 radical (unpaired) electrons. The minimum atomic E-state index is 0.152. The largest absolute Gasteiger partial charge is 0.472 e. The molecule has 1 rings (SSSR count). The molecule has 0 amide bonds. The number of Topliss-reactive ketones (excluding diaryl/α,β-unsaturated/α-hetero) is 1. The van der Waals surface area contributed by atoms with Crippen molar-refractivity contribution in [1.82, 2.24) is 5.32 Å². The van der Waals surface area contributed by atoms with Gasteiger partial charge in [0.05, 0.1) is 11.8 Å². The van der Waals surface area contributed by atoms with Crippen molar-refractivity contribution < 1.29 is 9.21 Å². The molecule has 0 unspecified atom stereocenters. The summed E-state index contributed by atoms with van der Waals surface area (Å²) in [5.74, 6) is 0.152. The molecule has 1 heterocycles. The van der Waals surface area contributed by atoms with Gasteiger partial charge in [-0.05, 0) is 26.1 Å². The van der Waals surface area contributed by atoms with Gasteiger partial charge in [0, 0.05) is 6.42 Å². The number of rotatable bonds is 5. The van der Waals surface area contributed by atoms with Gasteiger partial charge in [0.1, 0.15) is 6.26 Å². The number of carbonyl (C=O) groups is 1. The Kier molecular flexibility index (Phi) is 3.54. The van der Waals surface area contributed by atoms with E-state index in [2.05, 4.69) is 5.32 Å². The Morgan fingerprint density at radius 1 is 1.67 bits per heavy atom. The lowest BCUT2D eigenvalue weighted by molar-refractivity contribution is 0.0979. The van der Waals surface area contributed by atoms with Gasteiger partial charge in [-0.3, -0.25) is 4.79 Å². The zero-order valence-electron chi connectivity index (χ0n) is 7.17. The number of hydrogen-bond donors (Lipinski definition) is 1. The first-order valence-corrected chi connectivity index (χ1v) is 4.04. The van der Waals surface area contributed by atoms with Crippen LogP contribution in [-0.2, 0) is 0 Å². The van der Waals surface area contributed by atoms with Gasteiger partial charge in [0.25, 0.3) is 0 Å². The monoisotopic (exact) mass is 167 g/mol. The standard InChI is InChI=1S/C9H13NO2/c1-10-5-2-3-9(11)8-4-6-12-7-8/h4,6-7,10H,2-3,5H2,1H3. The van der Waals surface area contributed by atoms with Crippen LogP contribution < -0.4 is 5.32 Å². The van der Waals surface area contributed by atoms with Crippen LogP contribution in [-0.4, -0.2) is 19.4 Å². The normalized spacial score (nSPS) is 10.1. The van der Waals surface area contributed by atoms with Crippen LogP contribution in [0, 0.1) is 0 Å². The SMILES string of the molecule is CNCCCC(=O)c1ccoc1. The molecule has 0 atom stereocenters. The highest BCUT2D eigenvalue weighted by Gasteiger charge is 2.05. The lowest BCUT2D eigenvalue weighted by Crippen LogP contribution is -2.09. The zero-order valence-corrected chi connectivity index (χ0v) is 7.17. The average molecular weight is 167 g/mol. The summed E-state index contributed by atoms with van der Waals surface area (Å²) in [5, 5.41) is 2.99. The molecule has 12 heavy (non-hydrogen) atoms. The van der Waals surface area contributed by atoms with Crippen molar-refractivity contribution in [3.63, 3.8) is 0 Å². The highest BCUT2D eigenvalue weighted by Crippen LogP contribution is 2.05. The molecule has 66 valence electrons. The molecule has 0 aliphatic carbocycles. The van der Waals surface area contributed by atoms with E-state index in [1.165, 1.54) is 12.5 Å². The lowest BCUT2D eigenvalue weighted by Gasteiger charge is -1.96. The fraction of sp³-hybridized carbons (Fsp3) is 0.444. The van der Waals surface area contributed by atoms with E-state index >= 15 is 0 Å². The van der Waals surface area contributed by atoms with Crippen LogP contribution in [0.15, 0.2) is 23.0 Å². The second-order valence-electron chi connectivity index (χ2n) is 2.64. The minimum Gasteiger partial charge on any atom is -0.472 e. The number of ketones is 1. The summed E-state index contributed by atoms with van der Waals surface area (Å²) < 4.78 is 4.81. The van der Waals surface area contributed by atoms with Crippen LogP contribution in [0.1, 0.15) is 23.2 Å². The molecule has 0 spiro atoms. The van der Waals surface area contributed by atoms with Gasteiger partial charge in [-0.25, -0.2) is 0 Å². The predicted molar refractivity (Wildman–Crippen MR) is 46.2 cm³/mol. The van der Waals surface area contributed by atoms with E-state index in [0.29, 0.717) is 12.0 Å². The first kappa shape index (κ1) is 9.00. The van der Waals surface area contributed by atoms with Crippen LogP contribution in [0.4, 0.5) is 0 Å². The van der Waals surface area contributed by atoms with Crippen molar-refractivity contribution >= 4 is 5.78 Å². The van der Waals surface area contributed by atoms with Gasteiger partial charge in [-0.2, -0.15) is 0 Å². The molecule has 3 nitrogen and oxygen atoms in total. The Morgan fingerprint density at radius 2 is 2.50 bits per heavy atom. The number of nitrogens with one attached hydrogen (secondary N) is 1. The van der Waals surface area contributed by atoms with Gasteiger partial charge in [0.2, 0.25) is 0 Å². The predicted octanol–water partition coefficient (Wildman–Crippen LogP) is 1.46. The molecule has 3 heteroatoms. The van der Waals surface area contributed by atoms with E-state index < -0.39 is 0 Å². The Labute approximate surface area is 71.8 Å². The number of carbonyl (C=O) groups excluding carboxylic acids is 1. The van der Waals surface area contributed by atoms with Crippen LogP contribution in [0.3, 0.4) is 0 Å². The fourth-order valence-corrected chi connectivity index (χ4v) is 0.993. The van der Waals surface area contributed by atoms with E-state index in [4.69, 9.17) is 4.42 Å². The van der Waals surface area contributed by atoms with Crippen molar-refractivity contribution in [3.05, 3.63) is 24.2 Å². The van der Waals surface area contributed by atoms with Crippen molar-refractivity contribution in [1.29, 1.82) is 0 Å². The summed E-state index contributed by atoms with van der Waals surface area (Å²) in [5.41, 5.74) is 0.672. The van der Waals surface area contributed by atoms with E-state index in [0.717, 1.165) is 13.0 Å². The maximum absolute atomic E-state index is 11.3. The third-order valence-corrected chi connectivity index (χ3v) is 1.67. The Bertz CT molecular complexity index is 229. The molecule has 0 aliphatic heterocycles. The maximum atomic E-state index is 11.3. The summed E-state index contributed by atoms with van der Waals surface area (Å²) in [6.07, 6.45) is 4.47. The van der Waals surface area contributed by atoms with Crippen molar-refractivity contribution in [2.75, 3.05) is 13.6 Å².